The molecule has 0 aliphatic heterocycles. The number of carboxylic acids is 1. The summed E-state index contributed by atoms with van der Waals surface area (Å²) >= 11 is 0. The number of benzene rings is 1. The molecule has 0 spiro atoms. The van der Waals surface area contributed by atoms with Crippen molar-refractivity contribution in [1.29, 1.82) is 0 Å². The molecular formula is C12H15NO4S. The Balaban J connectivity index is 2.36. The summed E-state index contributed by atoms with van der Waals surface area (Å²) in [5.74, 6) is -0.809. The summed E-state index contributed by atoms with van der Waals surface area (Å²) < 4.78 is 25.8. The normalized spacial score (nSPS) is 15.9. The van der Waals surface area contributed by atoms with Gasteiger partial charge in [0.05, 0.1) is 10.5 Å². The van der Waals surface area contributed by atoms with Crippen molar-refractivity contribution in [2.75, 3.05) is 13.6 Å². The van der Waals surface area contributed by atoms with Gasteiger partial charge in [0.15, 0.2) is 0 Å². The molecule has 0 atom stereocenters. The molecule has 0 unspecified atom stereocenters. The van der Waals surface area contributed by atoms with Gasteiger partial charge in [-0.25, -0.2) is 17.5 Å². The second-order valence-electron chi connectivity index (χ2n) is 4.53. The molecule has 18 heavy (non-hydrogen) atoms. The number of rotatable bonds is 5. The van der Waals surface area contributed by atoms with Crippen molar-refractivity contribution >= 4 is 16.0 Å². The molecule has 0 bridgehead atoms. The van der Waals surface area contributed by atoms with Crippen LogP contribution in [0.25, 0.3) is 0 Å². The van der Waals surface area contributed by atoms with Crippen LogP contribution in [-0.2, 0) is 10.0 Å². The maximum absolute atomic E-state index is 12.3. The number of carboxylic acid groups (broad SMARTS) is 1. The van der Waals surface area contributed by atoms with Crippen molar-refractivity contribution < 1.29 is 18.3 Å². The summed E-state index contributed by atoms with van der Waals surface area (Å²) in [5.41, 5.74) is -0.180. The summed E-state index contributed by atoms with van der Waals surface area (Å²) in [6, 6.07) is 5.69. The van der Waals surface area contributed by atoms with Crippen LogP contribution in [-0.4, -0.2) is 37.4 Å². The fourth-order valence-corrected chi connectivity index (χ4v) is 3.22. The molecule has 0 aromatic heterocycles. The number of hydrogen-bond acceptors (Lipinski definition) is 3. The van der Waals surface area contributed by atoms with Crippen LogP contribution in [0.2, 0.25) is 0 Å². The maximum atomic E-state index is 12.3. The lowest BCUT2D eigenvalue weighted by Crippen LogP contribution is -2.30. The molecule has 6 heteroatoms. The average Bonchev–Trinajstić information content (AvgIpc) is 3.12. The van der Waals surface area contributed by atoms with E-state index in [0.717, 1.165) is 12.8 Å². The molecule has 1 aliphatic rings. The van der Waals surface area contributed by atoms with Crippen LogP contribution in [0, 0.1) is 5.92 Å². The van der Waals surface area contributed by atoms with Crippen LogP contribution >= 0.6 is 0 Å². The predicted octanol–water partition coefficient (Wildman–Crippen LogP) is 1.42. The van der Waals surface area contributed by atoms with Crippen molar-refractivity contribution in [3.8, 4) is 0 Å². The van der Waals surface area contributed by atoms with Gasteiger partial charge >= 0.3 is 5.97 Å². The Morgan fingerprint density at radius 2 is 2.00 bits per heavy atom. The molecule has 1 N–H and O–H groups in total. The van der Waals surface area contributed by atoms with Gasteiger partial charge in [0, 0.05) is 13.6 Å². The van der Waals surface area contributed by atoms with Crippen LogP contribution < -0.4 is 0 Å². The van der Waals surface area contributed by atoms with Crippen LogP contribution in [0.1, 0.15) is 23.2 Å². The molecule has 0 radical (unpaired) electrons. The van der Waals surface area contributed by atoms with Crippen molar-refractivity contribution in [2.45, 2.75) is 17.7 Å². The quantitative estimate of drug-likeness (QED) is 0.877. The minimum Gasteiger partial charge on any atom is -0.478 e. The Morgan fingerprint density at radius 3 is 2.56 bits per heavy atom. The highest BCUT2D eigenvalue weighted by Gasteiger charge is 2.31. The summed E-state index contributed by atoms with van der Waals surface area (Å²) in [5, 5.41) is 9.02. The third kappa shape index (κ3) is 2.54. The number of hydrogen-bond donors (Lipinski definition) is 1. The lowest BCUT2D eigenvalue weighted by atomic mass is 10.2. The lowest BCUT2D eigenvalue weighted by Gasteiger charge is -2.17. The van der Waals surface area contributed by atoms with E-state index in [-0.39, 0.29) is 10.5 Å². The summed E-state index contributed by atoms with van der Waals surface area (Å²) in [4.78, 5) is 10.9. The lowest BCUT2D eigenvalue weighted by molar-refractivity contribution is 0.0692. The van der Waals surface area contributed by atoms with Gasteiger partial charge in [0.25, 0.3) is 0 Å². The first-order valence-corrected chi connectivity index (χ1v) is 7.15. The van der Waals surface area contributed by atoms with Crippen molar-refractivity contribution in [3.63, 3.8) is 0 Å². The van der Waals surface area contributed by atoms with Crippen molar-refractivity contribution in [2.24, 2.45) is 5.92 Å². The van der Waals surface area contributed by atoms with Gasteiger partial charge < -0.3 is 5.11 Å². The van der Waals surface area contributed by atoms with E-state index in [1.807, 2.05) is 0 Å². The molecular weight excluding hydrogens is 254 g/mol. The Labute approximate surface area is 106 Å². The zero-order chi connectivity index (χ0) is 13.3. The van der Waals surface area contributed by atoms with Gasteiger partial charge in [-0.2, -0.15) is 0 Å². The Hall–Kier alpha value is -1.40. The largest absolute Gasteiger partial charge is 0.478 e. The third-order valence-corrected chi connectivity index (χ3v) is 4.90. The first-order valence-electron chi connectivity index (χ1n) is 5.71. The molecule has 0 saturated heterocycles. The summed E-state index contributed by atoms with van der Waals surface area (Å²) in [7, 11) is -2.22. The van der Waals surface area contributed by atoms with Gasteiger partial charge in [-0.05, 0) is 30.9 Å². The summed E-state index contributed by atoms with van der Waals surface area (Å²) in [6.07, 6.45) is 2.08. The molecule has 0 amide bonds. The van der Waals surface area contributed by atoms with Gasteiger partial charge in [0.2, 0.25) is 10.0 Å². The van der Waals surface area contributed by atoms with E-state index in [1.54, 1.807) is 0 Å². The standard InChI is InChI=1S/C12H15NO4S/c1-13(8-9-6-7-9)18(16,17)11-5-3-2-4-10(11)12(14)15/h2-5,9H,6-8H2,1H3,(H,14,15). The zero-order valence-electron chi connectivity index (χ0n) is 10.0. The second kappa shape index (κ2) is 4.70. The highest BCUT2D eigenvalue weighted by atomic mass is 32.2. The highest BCUT2D eigenvalue weighted by Crippen LogP contribution is 2.31. The molecule has 1 saturated carbocycles. The van der Waals surface area contributed by atoms with Crippen molar-refractivity contribution in [1.82, 2.24) is 4.31 Å². The fraction of sp³-hybridized carbons (Fsp3) is 0.417. The number of carbonyl (C=O) groups is 1. The molecule has 5 nitrogen and oxygen atoms in total. The van der Waals surface area contributed by atoms with E-state index in [1.165, 1.54) is 35.6 Å². The second-order valence-corrected chi connectivity index (χ2v) is 6.54. The van der Waals surface area contributed by atoms with E-state index in [9.17, 15) is 13.2 Å². The van der Waals surface area contributed by atoms with Gasteiger partial charge in [-0.3, -0.25) is 0 Å². The monoisotopic (exact) mass is 269 g/mol. The Bertz CT molecular complexity index is 563. The number of nitrogens with zero attached hydrogens (tertiary/aromatic N) is 1. The van der Waals surface area contributed by atoms with E-state index >= 15 is 0 Å². The maximum Gasteiger partial charge on any atom is 0.337 e. The van der Waals surface area contributed by atoms with Crippen LogP contribution in [0.4, 0.5) is 0 Å². The minimum atomic E-state index is -3.72. The number of aromatic carboxylic acids is 1. The minimum absolute atomic E-state index is 0.138. The first kappa shape index (κ1) is 13.0. The molecule has 1 aromatic carbocycles. The third-order valence-electron chi connectivity index (χ3n) is 3.02. The van der Waals surface area contributed by atoms with Crippen LogP contribution in [0.15, 0.2) is 29.2 Å². The highest BCUT2D eigenvalue weighted by molar-refractivity contribution is 7.89. The van der Waals surface area contributed by atoms with Gasteiger partial charge in [0.1, 0.15) is 0 Å². The first-order chi connectivity index (χ1) is 8.43. The van der Waals surface area contributed by atoms with E-state index in [4.69, 9.17) is 5.11 Å². The van der Waals surface area contributed by atoms with Gasteiger partial charge in [-0.1, -0.05) is 12.1 Å². The topological polar surface area (TPSA) is 74.7 Å². The Kier molecular flexibility index (Phi) is 3.41. The molecule has 1 aromatic rings. The van der Waals surface area contributed by atoms with E-state index in [2.05, 4.69) is 0 Å². The molecule has 2 rings (SSSR count). The van der Waals surface area contributed by atoms with Crippen LogP contribution in [0.3, 0.4) is 0 Å². The van der Waals surface area contributed by atoms with E-state index < -0.39 is 16.0 Å². The van der Waals surface area contributed by atoms with Gasteiger partial charge in [-0.15, -0.1) is 0 Å². The smallest absolute Gasteiger partial charge is 0.337 e. The van der Waals surface area contributed by atoms with Crippen LogP contribution in [0.5, 0.6) is 0 Å². The predicted molar refractivity (Wildman–Crippen MR) is 65.9 cm³/mol. The van der Waals surface area contributed by atoms with E-state index in [0.29, 0.717) is 12.5 Å². The zero-order valence-corrected chi connectivity index (χ0v) is 10.9. The molecule has 98 valence electrons. The molecule has 1 fully saturated rings. The van der Waals surface area contributed by atoms with Crippen molar-refractivity contribution in [3.05, 3.63) is 29.8 Å². The number of sulfonamides is 1. The fourth-order valence-electron chi connectivity index (χ4n) is 1.80. The summed E-state index contributed by atoms with van der Waals surface area (Å²) in [6.45, 7) is 0.455. The Morgan fingerprint density at radius 1 is 1.39 bits per heavy atom. The average molecular weight is 269 g/mol. The molecule has 1 aliphatic carbocycles. The SMILES string of the molecule is CN(CC1CC1)S(=O)(=O)c1ccccc1C(=O)O. The molecule has 0 heterocycles.